The molecule has 1 unspecified atom stereocenters. The first-order chi connectivity index (χ1) is 17.3. The number of aromatic nitrogens is 2. The van der Waals surface area contributed by atoms with E-state index in [4.69, 9.17) is 4.42 Å². The third-order valence-corrected chi connectivity index (χ3v) is 6.16. The van der Waals surface area contributed by atoms with Crippen LogP contribution in [-0.4, -0.2) is 9.97 Å². The molecule has 1 N–H and O–H groups in total. The molecule has 0 saturated carbocycles. The molecule has 5 aromatic rings. The topological polar surface area (TPSA) is 68.0 Å². The van der Waals surface area contributed by atoms with Gasteiger partial charge in [-0.3, -0.25) is 14.8 Å². The molecule has 0 aliphatic heterocycles. The van der Waals surface area contributed by atoms with E-state index in [2.05, 4.69) is 15.3 Å². The summed E-state index contributed by atoms with van der Waals surface area (Å²) in [6, 6.07) is 14.1. The summed E-state index contributed by atoms with van der Waals surface area (Å²) in [6.45, 7) is 5.54. The molecule has 7 heteroatoms. The average Bonchev–Trinajstić information content (AvgIpc) is 2.87. The van der Waals surface area contributed by atoms with Crippen LogP contribution in [0.15, 0.2) is 82.4 Å². The maximum absolute atomic E-state index is 14.6. The fourth-order valence-electron chi connectivity index (χ4n) is 4.42. The number of aryl methyl sites for hydroxylation is 1. The third-order valence-electron chi connectivity index (χ3n) is 6.16. The highest BCUT2D eigenvalue weighted by Crippen LogP contribution is 2.35. The minimum absolute atomic E-state index is 0.122. The molecule has 3 aromatic heterocycles. The van der Waals surface area contributed by atoms with Gasteiger partial charge < -0.3 is 9.73 Å². The molecule has 3 heterocycles. The summed E-state index contributed by atoms with van der Waals surface area (Å²) in [7, 11) is 0. The van der Waals surface area contributed by atoms with Crippen molar-refractivity contribution in [3.8, 4) is 22.6 Å². The molecule has 0 aliphatic rings. The predicted octanol–water partition coefficient (Wildman–Crippen LogP) is 6.99. The summed E-state index contributed by atoms with van der Waals surface area (Å²) < 4.78 is 35.5. The van der Waals surface area contributed by atoms with Crippen molar-refractivity contribution in [2.24, 2.45) is 0 Å². The van der Waals surface area contributed by atoms with Crippen LogP contribution in [0.3, 0.4) is 0 Å². The van der Waals surface area contributed by atoms with Crippen LogP contribution < -0.4 is 10.7 Å². The van der Waals surface area contributed by atoms with E-state index >= 15 is 0 Å². The number of rotatable bonds is 5. The predicted molar refractivity (Wildman–Crippen MR) is 137 cm³/mol. The maximum Gasteiger partial charge on any atom is 0.196 e. The van der Waals surface area contributed by atoms with Crippen molar-refractivity contribution in [2.45, 2.75) is 26.8 Å². The van der Waals surface area contributed by atoms with Gasteiger partial charge in [-0.05, 0) is 68.8 Å². The molecule has 5 rings (SSSR count). The van der Waals surface area contributed by atoms with Crippen LogP contribution in [0.1, 0.15) is 29.7 Å². The Morgan fingerprint density at radius 1 is 0.972 bits per heavy atom. The van der Waals surface area contributed by atoms with Gasteiger partial charge in [0, 0.05) is 35.3 Å². The summed E-state index contributed by atoms with van der Waals surface area (Å²) >= 11 is 0. The van der Waals surface area contributed by atoms with E-state index in [1.54, 1.807) is 37.5 Å². The van der Waals surface area contributed by atoms with E-state index in [0.717, 1.165) is 11.1 Å². The van der Waals surface area contributed by atoms with Crippen molar-refractivity contribution in [3.63, 3.8) is 0 Å². The van der Waals surface area contributed by atoms with Gasteiger partial charge in [0.2, 0.25) is 0 Å². The van der Waals surface area contributed by atoms with Gasteiger partial charge in [-0.25, -0.2) is 8.78 Å². The Bertz CT molecular complexity index is 1630. The van der Waals surface area contributed by atoms with Crippen molar-refractivity contribution in [1.29, 1.82) is 0 Å². The van der Waals surface area contributed by atoms with Crippen molar-refractivity contribution in [1.82, 2.24) is 9.97 Å². The molecule has 0 radical (unpaired) electrons. The van der Waals surface area contributed by atoms with Gasteiger partial charge in [-0.2, -0.15) is 0 Å². The van der Waals surface area contributed by atoms with E-state index in [1.165, 1.54) is 24.4 Å². The Kier molecular flexibility index (Phi) is 6.06. The summed E-state index contributed by atoms with van der Waals surface area (Å²) in [6.07, 6.45) is 4.79. The molecule has 1 atom stereocenters. The summed E-state index contributed by atoms with van der Waals surface area (Å²) in [5.41, 5.74) is 3.54. The first kappa shape index (κ1) is 23.4. The van der Waals surface area contributed by atoms with Crippen molar-refractivity contribution in [3.05, 3.63) is 112 Å². The number of nitrogens with one attached hydrogen (secondary N) is 1. The van der Waals surface area contributed by atoms with E-state index in [0.29, 0.717) is 33.5 Å². The molecule has 0 amide bonds. The zero-order valence-electron chi connectivity index (χ0n) is 20.0. The van der Waals surface area contributed by atoms with Crippen LogP contribution in [0.2, 0.25) is 0 Å². The van der Waals surface area contributed by atoms with Crippen LogP contribution in [0.5, 0.6) is 0 Å². The second kappa shape index (κ2) is 9.34. The van der Waals surface area contributed by atoms with Crippen LogP contribution in [-0.2, 0) is 0 Å². The molecule has 180 valence electrons. The first-order valence-corrected chi connectivity index (χ1v) is 11.5. The lowest BCUT2D eigenvalue weighted by Crippen LogP contribution is -2.13. The van der Waals surface area contributed by atoms with E-state index in [1.807, 2.05) is 32.0 Å². The largest absolute Gasteiger partial charge is 0.455 e. The van der Waals surface area contributed by atoms with Gasteiger partial charge >= 0.3 is 0 Å². The number of pyridine rings is 2. The van der Waals surface area contributed by atoms with Crippen LogP contribution in [0.4, 0.5) is 14.5 Å². The molecule has 0 bridgehead atoms. The average molecular weight is 484 g/mol. The second-order valence-electron chi connectivity index (χ2n) is 8.72. The quantitative estimate of drug-likeness (QED) is 0.292. The number of benzene rings is 2. The number of hydrogen-bond donors (Lipinski definition) is 1. The molecule has 0 saturated heterocycles. The fraction of sp³-hybridized carbons (Fsp3) is 0.138. The Morgan fingerprint density at radius 3 is 2.44 bits per heavy atom. The fourth-order valence-corrected chi connectivity index (χ4v) is 4.42. The molecule has 5 nitrogen and oxygen atoms in total. The highest BCUT2D eigenvalue weighted by atomic mass is 19.1. The van der Waals surface area contributed by atoms with Crippen LogP contribution in [0.25, 0.3) is 33.6 Å². The standard InChI is InChI=1S/C29H23F2N3O2/c1-16-13-20(29-21(14-16)27(35)17(2)28(36-29)19-7-5-11-32-15-19)18(3)34-24-10-6-12-33-26(24)25-22(30)8-4-9-23(25)31/h4-15,18,34H,1-3H3. The smallest absolute Gasteiger partial charge is 0.196 e. The molecule has 2 aromatic carbocycles. The van der Waals surface area contributed by atoms with Gasteiger partial charge in [-0.1, -0.05) is 12.1 Å². The van der Waals surface area contributed by atoms with Crippen LogP contribution >= 0.6 is 0 Å². The van der Waals surface area contributed by atoms with Gasteiger partial charge in [0.1, 0.15) is 23.0 Å². The monoisotopic (exact) mass is 483 g/mol. The lowest BCUT2D eigenvalue weighted by molar-refractivity contribution is 0.588. The SMILES string of the molecule is Cc1cc(C(C)Nc2cccnc2-c2c(F)cccc2F)c2oc(-c3cccnc3)c(C)c(=O)c2c1. The minimum Gasteiger partial charge on any atom is -0.455 e. The molecular weight excluding hydrogens is 460 g/mol. The Hall–Kier alpha value is -4.39. The van der Waals surface area contributed by atoms with Crippen LogP contribution in [0, 0.1) is 25.5 Å². The third kappa shape index (κ3) is 4.13. The molecule has 0 aliphatic carbocycles. The number of halogens is 2. The van der Waals surface area contributed by atoms with E-state index in [-0.39, 0.29) is 16.7 Å². The number of hydrogen-bond acceptors (Lipinski definition) is 5. The maximum atomic E-state index is 14.6. The second-order valence-corrected chi connectivity index (χ2v) is 8.72. The van der Waals surface area contributed by atoms with Crippen molar-refractivity contribution in [2.75, 3.05) is 5.32 Å². The molecule has 0 fully saturated rings. The molecule has 36 heavy (non-hydrogen) atoms. The van der Waals surface area contributed by atoms with E-state index < -0.39 is 17.7 Å². The van der Waals surface area contributed by atoms with Crippen molar-refractivity contribution >= 4 is 16.7 Å². The zero-order chi connectivity index (χ0) is 25.4. The van der Waals surface area contributed by atoms with Gasteiger partial charge in [0.05, 0.1) is 28.4 Å². The number of fused-ring (bicyclic) bond motifs is 1. The van der Waals surface area contributed by atoms with E-state index in [9.17, 15) is 13.6 Å². The van der Waals surface area contributed by atoms with Gasteiger partial charge in [-0.15, -0.1) is 0 Å². The zero-order valence-corrected chi connectivity index (χ0v) is 20.0. The Labute approximate surface area is 206 Å². The Balaban J connectivity index is 1.65. The summed E-state index contributed by atoms with van der Waals surface area (Å²) in [5, 5.41) is 3.79. The lowest BCUT2D eigenvalue weighted by Gasteiger charge is -2.20. The number of nitrogens with zero attached hydrogens (tertiary/aromatic N) is 2. The first-order valence-electron chi connectivity index (χ1n) is 11.5. The minimum atomic E-state index is -0.701. The number of anilines is 1. The molecular formula is C29H23F2N3O2. The summed E-state index contributed by atoms with van der Waals surface area (Å²) in [5.74, 6) is -0.950. The Morgan fingerprint density at radius 2 is 1.72 bits per heavy atom. The van der Waals surface area contributed by atoms with Crippen molar-refractivity contribution < 1.29 is 13.2 Å². The highest BCUT2D eigenvalue weighted by molar-refractivity contribution is 5.85. The van der Waals surface area contributed by atoms with Gasteiger partial charge in [0.15, 0.2) is 5.43 Å². The molecule has 0 spiro atoms. The normalized spacial score (nSPS) is 12.0. The summed E-state index contributed by atoms with van der Waals surface area (Å²) in [4.78, 5) is 21.7. The van der Waals surface area contributed by atoms with Gasteiger partial charge in [0.25, 0.3) is 0 Å². The lowest BCUT2D eigenvalue weighted by atomic mass is 9.98. The highest BCUT2D eigenvalue weighted by Gasteiger charge is 2.21.